The summed E-state index contributed by atoms with van der Waals surface area (Å²) in [7, 11) is 0. The van der Waals surface area contributed by atoms with Crippen LogP contribution in [0, 0.1) is 6.92 Å². The Balaban J connectivity index is 1.84. The Morgan fingerprint density at radius 2 is 1.87 bits per heavy atom. The van der Waals surface area contributed by atoms with Crippen LogP contribution in [0.15, 0.2) is 28.7 Å². The topological polar surface area (TPSA) is 70.8 Å². The van der Waals surface area contributed by atoms with E-state index in [0.29, 0.717) is 24.4 Å². The van der Waals surface area contributed by atoms with E-state index in [-0.39, 0.29) is 17.4 Å². The molecule has 1 N–H and O–H groups in total. The van der Waals surface area contributed by atoms with E-state index in [1.54, 1.807) is 30.0 Å². The molecular weight excluding hydrogens is 294 g/mol. The Kier molecular flexibility index (Phi) is 3.72. The SMILES string of the molecule is Cc1oc(C(C)C)cc1C(=O)N1Cc2ccc(C(=O)O)cc2C1. The number of hydrogen-bond acceptors (Lipinski definition) is 3. The first-order valence-corrected chi connectivity index (χ1v) is 7.61. The smallest absolute Gasteiger partial charge is 0.335 e. The van der Waals surface area contributed by atoms with Crippen LogP contribution in [0.4, 0.5) is 0 Å². The molecule has 0 radical (unpaired) electrons. The Labute approximate surface area is 134 Å². The minimum Gasteiger partial charge on any atom is -0.478 e. The third-order valence-electron chi connectivity index (χ3n) is 4.20. The first-order valence-electron chi connectivity index (χ1n) is 7.61. The van der Waals surface area contributed by atoms with Crippen molar-refractivity contribution in [2.75, 3.05) is 0 Å². The fourth-order valence-corrected chi connectivity index (χ4v) is 2.84. The van der Waals surface area contributed by atoms with Crippen LogP contribution in [-0.2, 0) is 13.1 Å². The van der Waals surface area contributed by atoms with E-state index >= 15 is 0 Å². The van der Waals surface area contributed by atoms with Crippen molar-refractivity contribution in [3.8, 4) is 0 Å². The van der Waals surface area contributed by atoms with Crippen LogP contribution in [0.3, 0.4) is 0 Å². The van der Waals surface area contributed by atoms with Gasteiger partial charge in [0.2, 0.25) is 0 Å². The molecule has 0 saturated carbocycles. The molecule has 2 aromatic rings. The first-order chi connectivity index (χ1) is 10.9. The third kappa shape index (κ3) is 2.74. The number of carbonyl (C=O) groups excluding carboxylic acids is 1. The number of nitrogens with zero attached hydrogens (tertiary/aromatic N) is 1. The number of aryl methyl sites for hydroxylation is 1. The van der Waals surface area contributed by atoms with Crippen molar-refractivity contribution in [1.82, 2.24) is 4.90 Å². The van der Waals surface area contributed by atoms with Crippen molar-refractivity contribution in [2.45, 2.75) is 39.8 Å². The van der Waals surface area contributed by atoms with Gasteiger partial charge >= 0.3 is 5.97 Å². The lowest BCUT2D eigenvalue weighted by molar-refractivity contribution is 0.0696. The van der Waals surface area contributed by atoms with Crippen LogP contribution in [0.2, 0.25) is 0 Å². The molecule has 1 aromatic carbocycles. The maximum absolute atomic E-state index is 12.7. The third-order valence-corrected chi connectivity index (χ3v) is 4.20. The predicted octanol–water partition coefficient (Wildman–Crippen LogP) is 3.57. The standard InChI is InChI=1S/C18H19NO4/c1-10(2)16-7-15(11(3)23-16)17(20)19-8-13-5-4-12(18(21)22)6-14(13)9-19/h4-7,10H,8-9H2,1-3H3,(H,21,22). The summed E-state index contributed by atoms with van der Waals surface area (Å²) in [6.45, 7) is 6.76. The van der Waals surface area contributed by atoms with E-state index in [4.69, 9.17) is 9.52 Å². The molecule has 0 unspecified atom stereocenters. The number of carboxylic acid groups (broad SMARTS) is 1. The number of carboxylic acids is 1. The summed E-state index contributed by atoms with van der Waals surface area (Å²) < 4.78 is 5.66. The maximum atomic E-state index is 12.7. The lowest BCUT2D eigenvalue weighted by Gasteiger charge is -2.14. The molecule has 0 fully saturated rings. The fraction of sp³-hybridized carbons (Fsp3) is 0.333. The van der Waals surface area contributed by atoms with Crippen molar-refractivity contribution in [2.24, 2.45) is 0 Å². The van der Waals surface area contributed by atoms with Crippen molar-refractivity contribution in [3.05, 3.63) is 58.0 Å². The second kappa shape index (κ2) is 5.57. The molecule has 5 heteroatoms. The Morgan fingerprint density at radius 3 is 2.48 bits per heavy atom. The second-order valence-corrected chi connectivity index (χ2v) is 6.22. The number of hydrogen-bond donors (Lipinski definition) is 1. The Hall–Kier alpha value is -2.56. The van der Waals surface area contributed by atoms with E-state index < -0.39 is 5.97 Å². The second-order valence-electron chi connectivity index (χ2n) is 6.22. The zero-order valence-corrected chi connectivity index (χ0v) is 13.4. The van der Waals surface area contributed by atoms with E-state index in [1.807, 2.05) is 19.9 Å². The summed E-state index contributed by atoms with van der Waals surface area (Å²) in [5.74, 6) is 0.622. The van der Waals surface area contributed by atoms with Crippen molar-refractivity contribution in [1.29, 1.82) is 0 Å². The summed E-state index contributed by atoms with van der Waals surface area (Å²) in [6.07, 6.45) is 0. The number of rotatable bonds is 3. The molecule has 1 amide bonds. The van der Waals surface area contributed by atoms with Gasteiger partial charge in [0.15, 0.2) is 0 Å². The van der Waals surface area contributed by atoms with Crippen LogP contribution >= 0.6 is 0 Å². The minimum atomic E-state index is -0.954. The molecule has 0 aliphatic carbocycles. The Morgan fingerprint density at radius 1 is 1.17 bits per heavy atom. The lowest BCUT2D eigenvalue weighted by atomic mass is 10.1. The van der Waals surface area contributed by atoms with Crippen LogP contribution < -0.4 is 0 Å². The summed E-state index contributed by atoms with van der Waals surface area (Å²) >= 11 is 0. The highest BCUT2D eigenvalue weighted by molar-refractivity contribution is 5.96. The maximum Gasteiger partial charge on any atom is 0.335 e. The summed E-state index contributed by atoms with van der Waals surface area (Å²) in [5, 5.41) is 9.07. The molecule has 3 rings (SSSR count). The van der Waals surface area contributed by atoms with E-state index in [1.165, 1.54) is 0 Å². The number of carbonyl (C=O) groups is 2. The summed E-state index contributed by atoms with van der Waals surface area (Å²) in [6, 6.07) is 6.82. The molecule has 5 nitrogen and oxygen atoms in total. The molecule has 2 heterocycles. The van der Waals surface area contributed by atoms with E-state index in [0.717, 1.165) is 16.9 Å². The van der Waals surface area contributed by atoms with Crippen molar-refractivity contribution in [3.63, 3.8) is 0 Å². The monoisotopic (exact) mass is 313 g/mol. The van der Waals surface area contributed by atoms with Gasteiger partial charge < -0.3 is 14.4 Å². The number of fused-ring (bicyclic) bond motifs is 1. The summed E-state index contributed by atoms with van der Waals surface area (Å²) in [4.78, 5) is 25.5. The quantitative estimate of drug-likeness (QED) is 0.940. The highest BCUT2D eigenvalue weighted by Gasteiger charge is 2.27. The van der Waals surface area contributed by atoms with Gasteiger partial charge in [0.25, 0.3) is 5.91 Å². The van der Waals surface area contributed by atoms with Gasteiger partial charge in [-0.05, 0) is 36.2 Å². The highest BCUT2D eigenvalue weighted by Crippen LogP contribution is 2.28. The van der Waals surface area contributed by atoms with Gasteiger partial charge in [-0.3, -0.25) is 4.79 Å². The molecule has 0 atom stereocenters. The largest absolute Gasteiger partial charge is 0.478 e. The molecular formula is C18H19NO4. The molecule has 120 valence electrons. The van der Waals surface area contributed by atoms with Gasteiger partial charge in [-0.1, -0.05) is 19.9 Å². The minimum absolute atomic E-state index is 0.0776. The number of aromatic carboxylic acids is 1. The van der Waals surface area contributed by atoms with Gasteiger partial charge in [-0.2, -0.15) is 0 Å². The molecule has 1 aliphatic heterocycles. The van der Waals surface area contributed by atoms with Gasteiger partial charge in [-0.15, -0.1) is 0 Å². The molecule has 23 heavy (non-hydrogen) atoms. The molecule has 1 aliphatic rings. The first kappa shape index (κ1) is 15.3. The molecule has 0 bridgehead atoms. The zero-order valence-electron chi connectivity index (χ0n) is 13.4. The van der Waals surface area contributed by atoms with Crippen molar-refractivity contribution < 1.29 is 19.1 Å². The Bertz CT molecular complexity index is 788. The zero-order chi connectivity index (χ0) is 16.7. The van der Waals surface area contributed by atoms with Crippen LogP contribution in [-0.4, -0.2) is 21.9 Å². The van der Waals surface area contributed by atoms with Crippen molar-refractivity contribution >= 4 is 11.9 Å². The van der Waals surface area contributed by atoms with Crippen LogP contribution in [0.25, 0.3) is 0 Å². The van der Waals surface area contributed by atoms with Gasteiger partial charge in [0, 0.05) is 19.0 Å². The predicted molar refractivity (Wildman–Crippen MR) is 84.5 cm³/mol. The number of amides is 1. The molecule has 0 spiro atoms. The normalized spacial score (nSPS) is 13.5. The van der Waals surface area contributed by atoms with Gasteiger partial charge in [0.1, 0.15) is 11.5 Å². The van der Waals surface area contributed by atoms with E-state index in [9.17, 15) is 9.59 Å². The van der Waals surface area contributed by atoms with Crippen LogP contribution in [0.1, 0.15) is 63.1 Å². The van der Waals surface area contributed by atoms with Gasteiger partial charge in [0.05, 0.1) is 11.1 Å². The van der Waals surface area contributed by atoms with Gasteiger partial charge in [-0.25, -0.2) is 4.79 Å². The molecule has 1 aromatic heterocycles. The van der Waals surface area contributed by atoms with Crippen LogP contribution in [0.5, 0.6) is 0 Å². The highest BCUT2D eigenvalue weighted by atomic mass is 16.4. The summed E-state index contributed by atoms with van der Waals surface area (Å²) in [5.41, 5.74) is 2.72. The average molecular weight is 313 g/mol. The number of benzene rings is 1. The van der Waals surface area contributed by atoms with E-state index in [2.05, 4.69) is 0 Å². The lowest BCUT2D eigenvalue weighted by Crippen LogP contribution is -2.25. The average Bonchev–Trinajstić information content (AvgIpc) is 3.09. The fourth-order valence-electron chi connectivity index (χ4n) is 2.84. The number of furan rings is 1. The molecule has 0 saturated heterocycles.